The highest BCUT2D eigenvalue weighted by molar-refractivity contribution is 6.32. The fourth-order valence-electron chi connectivity index (χ4n) is 6.84. The van der Waals surface area contributed by atoms with Crippen LogP contribution in [0.5, 0.6) is 0 Å². The first-order valence-corrected chi connectivity index (χ1v) is 11.5. The van der Waals surface area contributed by atoms with Crippen molar-refractivity contribution in [2.24, 2.45) is 34.0 Å². The first-order chi connectivity index (χ1) is 14.0. The molecule has 2 N–H and O–H groups in total. The summed E-state index contributed by atoms with van der Waals surface area (Å²) in [5.41, 5.74) is -3.30. The van der Waals surface area contributed by atoms with E-state index in [2.05, 4.69) is 0 Å². The largest absolute Gasteiger partial charge is 0.510 e. The Morgan fingerprint density at radius 1 is 1.19 bits per heavy atom. The molecule has 0 aromatic carbocycles. The van der Waals surface area contributed by atoms with E-state index in [1.807, 2.05) is 47.6 Å². The summed E-state index contributed by atoms with van der Waals surface area (Å²) in [5.74, 6) is -2.02. The Bertz CT molecular complexity index is 893. The van der Waals surface area contributed by atoms with Crippen LogP contribution in [0, 0.1) is 34.0 Å². The molecule has 5 heteroatoms. The number of hydrogen-bond donors (Lipinski definition) is 2. The van der Waals surface area contributed by atoms with Gasteiger partial charge in [-0.2, -0.15) is 0 Å². The molecule has 5 nitrogen and oxygen atoms in total. The maximum atomic E-state index is 14.1. The zero-order chi connectivity index (χ0) is 23.7. The summed E-state index contributed by atoms with van der Waals surface area (Å²) in [7, 11) is 0. The van der Waals surface area contributed by atoms with E-state index in [0.29, 0.717) is 6.42 Å². The zero-order valence-electron chi connectivity index (χ0n) is 20.3. The smallest absolute Gasteiger partial charge is 0.183 e. The SMILES string of the molecule is CC(C)=CCC12C[C@@H]3C(C)(C)[C@@H](C(C)(C)O)C[C@@]3(C1=O)C(O)=C(C(=O)CC(C)C)C2=O. The van der Waals surface area contributed by atoms with Gasteiger partial charge in [-0.25, -0.2) is 0 Å². The van der Waals surface area contributed by atoms with Gasteiger partial charge in [-0.15, -0.1) is 0 Å². The van der Waals surface area contributed by atoms with Gasteiger partial charge in [0.05, 0.1) is 16.4 Å². The van der Waals surface area contributed by atoms with Gasteiger partial charge in [-0.1, -0.05) is 39.3 Å². The summed E-state index contributed by atoms with van der Waals surface area (Å²) in [6, 6.07) is 0. The van der Waals surface area contributed by atoms with Crippen LogP contribution >= 0.6 is 0 Å². The molecule has 2 saturated carbocycles. The number of aliphatic hydroxyl groups excluding tert-OH is 1. The van der Waals surface area contributed by atoms with Gasteiger partial charge in [0.25, 0.3) is 0 Å². The van der Waals surface area contributed by atoms with Crippen molar-refractivity contribution in [3.63, 3.8) is 0 Å². The van der Waals surface area contributed by atoms with Gasteiger partial charge in [0.15, 0.2) is 17.3 Å². The predicted octanol–water partition coefficient (Wildman–Crippen LogP) is 4.73. The molecule has 2 bridgehead atoms. The molecule has 0 aromatic heterocycles. The monoisotopic (exact) mass is 430 g/mol. The number of Topliss-reactive ketones (excluding diaryl/α,β-unsaturated/α-hetero) is 3. The topological polar surface area (TPSA) is 91.7 Å². The maximum absolute atomic E-state index is 14.1. The van der Waals surface area contributed by atoms with E-state index in [1.54, 1.807) is 13.8 Å². The highest BCUT2D eigenvalue weighted by Gasteiger charge is 2.78. The minimum absolute atomic E-state index is 0.0297. The van der Waals surface area contributed by atoms with Crippen molar-refractivity contribution in [1.29, 1.82) is 0 Å². The van der Waals surface area contributed by atoms with Crippen LogP contribution in [0.25, 0.3) is 0 Å². The molecule has 0 radical (unpaired) electrons. The van der Waals surface area contributed by atoms with E-state index in [0.717, 1.165) is 5.57 Å². The van der Waals surface area contributed by atoms with E-state index in [1.165, 1.54) is 0 Å². The molecule has 1 unspecified atom stereocenters. The normalized spacial score (nSPS) is 34.4. The Kier molecular flexibility index (Phi) is 5.50. The van der Waals surface area contributed by atoms with E-state index in [-0.39, 0.29) is 59.9 Å². The number of hydrogen-bond acceptors (Lipinski definition) is 5. The standard InChI is InChI=1S/C26H38O5/c1-14(2)9-10-25-12-18-23(5,6)17(24(7,8)31)13-26(18,22(25)30)21(29)19(20(25)28)16(27)11-15(3)4/h9,15,17-18,29,31H,10-13H2,1-8H3/t17-,18+,25?,26-/m0/s1. The van der Waals surface area contributed by atoms with Crippen molar-refractivity contribution in [3.05, 3.63) is 23.0 Å². The van der Waals surface area contributed by atoms with Crippen LogP contribution in [-0.2, 0) is 14.4 Å². The van der Waals surface area contributed by atoms with Crippen LogP contribution < -0.4 is 0 Å². The molecule has 0 heterocycles. The number of ketones is 3. The van der Waals surface area contributed by atoms with Crippen molar-refractivity contribution >= 4 is 17.3 Å². The second-order valence-electron chi connectivity index (χ2n) is 11.9. The minimum Gasteiger partial charge on any atom is -0.510 e. The van der Waals surface area contributed by atoms with E-state index in [4.69, 9.17) is 0 Å². The molecule has 4 atom stereocenters. The Morgan fingerprint density at radius 2 is 1.77 bits per heavy atom. The number of rotatable bonds is 6. The predicted molar refractivity (Wildman–Crippen MR) is 119 cm³/mol. The summed E-state index contributed by atoms with van der Waals surface area (Å²) >= 11 is 0. The van der Waals surface area contributed by atoms with Gasteiger partial charge >= 0.3 is 0 Å². The van der Waals surface area contributed by atoms with Crippen LogP contribution in [0.15, 0.2) is 23.0 Å². The summed E-state index contributed by atoms with van der Waals surface area (Å²) in [6.45, 7) is 15.1. The molecule has 3 aliphatic rings. The van der Waals surface area contributed by atoms with Crippen LogP contribution in [0.1, 0.15) is 81.1 Å². The van der Waals surface area contributed by atoms with Crippen molar-refractivity contribution in [2.45, 2.75) is 86.7 Å². The van der Waals surface area contributed by atoms with Gasteiger partial charge < -0.3 is 10.2 Å². The van der Waals surface area contributed by atoms with Crippen molar-refractivity contribution < 1.29 is 24.6 Å². The Hall–Kier alpha value is -1.75. The summed E-state index contributed by atoms with van der Waals surface area (Å²) in [4.78, 5) is 40.9. The van der Waals surface area contributed by atoms with E-state index >= 15 is 0 Å². The van der Waals surface area contributed by atoms with Crippen molar-refractivity contribution in [2.75, 3.05) is 0 Å². The maximum Gasteiger partial charge on any atom is 0.183 e. The number of allylic oxidation sites excluding steroid dienone is 4. The van der Waals surface area contributed by atoms with Crippen LogP contribution in [0.4, 0.5) is 0 Å². The van der Waals surface area contributed by atoms with Crippen LogP contribution in [0.3, 0.4) is 0 Å². The average Bonchev–Trinajstić information content (AvgIpc) is 2.97. The van der Waals surface area contributed by atoms with Crippen molar-refractivity contribution in [3.8, 4) is 0 Å². The van der Waals surface area contributed by atoms with E-state index in [9.17, 15) is 24.6 Å². The van der Waals surface area contributed by atoms with Gasteiger partial charge in [0.1, 0.15) is 11.3 Å². The Balaban J connectivity index is 2.28. The third-order valence-corrected chi connectivity index (χ3v) is 8.21. The molecule has 3 rings (SSSR count). The fraction of sp³-hybridized carbons (Fsp3) is 0.731. The summed E-state index contributed by atoms with van der Waals surface area (Å²) in [6.07, 6.45) is 2.85. The average molecular weight is 431 g/mol. The molecular weight excluding hydrogens is 392 g/mol. The number of aliphatic hydroxyl groups is 2. The van der Waals surface area contributed by atoms with Gasteiger partial charge in [-0.05, 0) is 70.1 Å². The molecule has 3 aliphatic carbocycles. The first-order valence-electron chi connectivity index (χ1n) is 11.5. The molecular formula is C26H38O5. The van der Waals surface area contributed by atoms with E-state index < -0.39 is 27.6 Å². The Labute approximate surface area is 186 Å². The minimum atomic E-state index is -1.31. The lowest BCUT2D eigenvalue weighted by atomic mass is 9.62. The molecule has 0 aliphatic heterocycles. The highest BCUT2D eigenvalue weighted by atomic mass is 16.3. The van der Waals surface area contributed by atoms with Gasteiger partial charge in [0, 0.05) is 6.42 Å². The first kappa shape index (κ1) is 23.9. The summed E-state index contributed by atoms with van der Waals surface area (Å²) < 4.78 is 0. The van der Waals surface area contributed by atoms with Crippen LogP contribution in [-0.4, -0.2) is 33.2 Å². The molecule has 1 spiro atoms. The lowest BCUT2D eigenvalue weighted by Gasteiger charge is -2.40. The Morgan fingerprint density at radius 3 is 2.26 bits per heavy atom. The number of carbonyl (C=O) groups is 3. The molecule has 31 heavy (non-hydrogen) atoms. The molecule has 0 saturated heterocycles. The lowest BCUT2D eigenvalue weighted by molar-refractivity contribution is -0.144. The van der Waals surface area contributed by atoms with Gasteiger partial charge in [-0.3, -0.25) is 14.4 Å². The third-order valence-electron chi connectivity index (χ3n) is 8.21. The quantitative estimate of drug-likeness (QED) is 0.361. The molecule has 172 valence electrons. The fourth-order valence-corrected chi connectivity index (χ4v) is 6.84. The number of fused-ring (bicyclic) bond motifs is 1. The molecule has 2 fully saturated rings. The number of carbonyl (C=O) groups excluding carboxylic acids is 3. The summed E-state index contributed by atoms with van der Waals surface area (Å²) in [5, 5.41) is 22.4. The van der Waals surface area contributed by atoms with Crippen LogP contribution in [0.2, 0.25) is 0 Å². The highest BCUT2D eigenvalue weighted by Crippen LogP contribution is 2.73. The molecule has 0 aromatic rings. The van der Waals surface area contributed by atoms with Crippen molar-refractivity contribution in [1.82, 2.24) is 0 Å². The second kappa shape index (κ2) is 7.13. The third kappa shape index (κ3) is 3.18. The second-order valence-corrected chi connectivity index (χ2v) is 11.9. The zero-order valence-corrected chi connectivity index (χ0v) is 20.3. The van der Waals surface area contributed by atoms with Gasteiger partial charge in [0.2, 0.25) is 0 Å². The molecule has 0 amide bonds. The lowest BCUT2D eigenvalue weighted by Crippen LogP contribution is -2.50.